The quantitative estimate of drug-likeness (QED) is 0.363. The number of allylic oxidation sites excluding steroid dienone is 1. The molecule has 0 aromatic heterocycles. The van der Waals surface area contributed by atoms with Gasteiger partial charge in [0, 0.05) is 3.57 Å². The van der Waals surface area contributed by atoms with Crippen LogP contribution >= 0.6 is 45.8 Å². The molecule has 94 valence electrons. The zero-order chi connectivity index (χ0) is 13.8. The van der Waals surface area contributed by atoms with Crippen molar-refractivity contribution in [2.45, 2.75) is 0 Å². The number of nitrogens with zero attached hydrogens (tertiary/aromatic N) is 1. The molecule has 2 aromatic rings. The second kappa shape index (κ2) is 6.42. The van der Waals surface area contributed by atoms with Gasteiger partial charge in [0.05, 0.1) is 21.7 Å². The predicted octanol–water partition coefficient (Wildman–Crippen LogP) is 5.66. The van der Waals surface area contributed by atoms with Crippen molar-refractivity contribution < 1.29 is 0 Å². The van der Waals surface area contributed by atoms with E-state index in [1.807, 2.05) is 30.3 Å². The van der Waals surface area contributed by atoms with E-state index in [2.05, 4.69) is 28.7 Å². The fourth-order valence-corrected chi connectivity index (χ4v) is 2.43. The van der Waals surface area contributed by atoms with Gasteiger partial charge < -0.3 is 0 Å². The molecule has 0 aliphatic heterocycles. The van der Waals surface area contributed by atoms with Gasteiger partial charge in [-0.05, 0) is 58.0 Å². The minimum absolute atomic E-state index is 0.447. The minimum Gasteiger partial charge on any atom is -0.192 e. The van der Waals surface area contributed by atoms with E-state index in [0.29, 0.717) is 15.6 Å². The highest BCUT2D eigenvalue weighted by Crippen LogP contribution is 2.27. The molecule has 19 heavy (non-hydrogen) atoms. The van der Waals surface area contributed by atoms with Gasteiger partial charge >= 0.3 is 0 Å². The summed E-state index contributed by atoms with van der Waals surface area (Å²) in [6.45, 7) is 0. The molecule has 0 unspecified atom stereocenters. The molecule has 2 rings (SSSR count). The Bertz CT molecular complexity index is 687. The van der Waals surface area contributed by atoms with Crippen LogP contribution < -0.4 is 0 Å². The lowest BCUT2D eigenvalue weighted by atomic mass is 10.0. The average molecular weight is 400 g/mol. The minimum atomic E-state index is 0.447. The monoisotopic (exact) mass is 399 g/mol. The van der Waals surface area contributed by atoms with Crippen molar-refractivity contribution in [1.29, 1.82) is 5.26 Å². The standard InChI is InChI=1S/C15H8Cl2IN/c16-13-6-5-10(8-14(13)17)12(9-19)7-11-3-1-2-4-15(11)18/h1-8H/b12-7-. The van der Waals surface area contributed by atoms with E-state index in [4.69, 9.17) is 23.2 Å². The smallest absolute Gasteiger partial charge is 0.0998 e. The van der Waals surface area contributed by atoms with Gasteiger partial charge in [0.1, 0.15) is 0 Å². The van der Waals surface area contributed by atoms with Crippen LogP contribution in [-0.4, -0.2) is 0 Å². The van der Waals surface area contributed by atoms with Crippen LogP contribution in [0.3, 0.4) is 0 Å². The summed E-state index contributed by atoms with van der Waals surface area (Å²) in [6.07, 6.45) is 1.85. The van der Waals surface area contributed by atoms with E-state index in [1.165, 1.54) is 0 Å². The molecule has 2 aromatic carbocycles. The van der Waals surface area contributed by atoms with Crippen molar-refractivity contribution in [3.63, 3.8) is 0 Å². The summed E-state index contributed by atoms with van der Waals surface area (Å²) in [7, 11) is 0. The molecule has 0 amide bonds. The zero-order valence-electron chi connectivity index (χ0n) is 9.70. The molecule has 1 nitrogen and oxygen atoms in total. The summed E-state index contributed by atoms with van der Waals surface area (Å²) in [5.74, 6) is 0. The third kappa shape index (κ3) is 3.50. The third-order valence-corrected chi connectivity index (χ3v) is 4.28. The van der Waals surface area contributed by atoms with E-state index in [0.717, 1.165) is 14.7 Å². The molecular weight excluding hydrogens is 392 g/mol. The maximum Gasteiger partial charge on any atom is 0.0998 e. The first-order valence-electron chi connectivity index (χ1n) is 5.43. The number of benzene rings is 2. The zero-order valence-corrected chi connectivity index (χ0v) is 13.4. The van der Waals surface area contributed by atoms with Crippen LogP contribution in [0.25, 0.3) is 11.6 Å². The lowest BCUT2D eigenvalue weighted by molar-refractivity contribution is 1.52. The van der Waals surface area contributed by atoms with Gasteiger partial charge in [0.15, 0.2) is 0 Å². The van der Waals surface area contributed by atoms with E-state index >= 15 is 0 Å². The Morgan fingerprint density at radius 3 is 2.47 bits per heavy atom. The van der Waals surface area contributed by atoms with Crippen LogP contribution in [-0.2, 0) is 0 Å². The van der Waals surface area contributed by atoms with E-state index in [1.54, 1.807) is 18.2 Å². The summed E-state index contributed by atoms with van der Waals surface area (Å²) in [6, 6.07) is 15.3. The van der Waals surface area contributed by atoms with Crippen LogP contribution in [0.1, 0.15) is 11.1 Å². The number of halogens is 3. The van der Waals surface area contributed by atoms with Crippen molar-refractivity contribution in [2.75, 3.05) is 0 Å². The van der Waals surface area contributed by atoms with Gasteiger partial charge in [-0.25, -0.2) is 0 Å². The Kier molecular flexibility index (Phi) is 4.87. The third-order valence-electron chi connectivity index (χ3n) is 2.56. The molecule has 0 saturated heterocycles. The Balaban J connectivity index is 2.49. The first kappa shape index (κ1) is 14.4. The largest absolute Gasteiger partial charge is 0.192 e. The summed E-state index contributed by atoms with van der Waals surface area (Å²) < 4.78 is 1.09. The van der Waals surface area contributed by atoms with Crippen molar-refractivity contribution in [3.8, 4) is 6.07 Å². The lowest BCUT2D eigenvalue weighted by Gasteiger charge is -2.03. The fraction of sp³-hybridized carbons (Fsp3) is 0. The van der Waals surface area contributed by atoms with E-state index in [-0.39, 0.29) is 0 Å². The van der Waals surface area contributed by atoms with Crippen LogP contribution in [0.4, 0.5) is 0 Å². The molecule has 0 spiro atoms. The molecule has 0 radical (unpaired) electrons. The van der Waals surface area contributed by atoms with E-state index < -0.39 is 0 Å². The van der Waals surface area contributed by atoms with Crippen LogP contribution in [0.2, 0.25) is 10.0 Å². The first-order chi connectivity index (χ1) is 9.11. The van der Waals surface area contributed by atoms with Crippen LogP contribution in [0.5, 0.6) is 0 Å². The highest BCUT2D eigenvalue weighted by Gasteiger charge is 2.05. The van der Waals surface area contributed by atoms with Gasteiger partial charge in [-0.2, -0.15) is 5.26 Å². The Hall–Kier alpha value is -1.02. The van der Waals surface area contributed by atoms with Gasteiger partial charge in [-0.15, -0.1) is 0 Å². The summed E-state index contributed by atoms with van der Waals surface area (Å²) >= 11 is 14.1. The molecule has 0 heterocycles. The molecule has 0 bridgehead atoms. The lowest BCUT2D eigenvalue weighted by Crippen LogP contribution is -1.85. The van der Waals surface area contributed by atoms with Gasteiger partial charge in [-0.3, -0.25) is 0 Å². The number of rotatable bonds is 2. The second-order valence-corrected chi connectivity index (χ2v) is 5.80. The van der Waals surface area contributed by atoms with Gasteiger partial charge in [0.2, 0.25) is 0 Å². The topological polar surface area (TPSA) is 23.8 Å². The molecular formula is C15H8Cl2IN. The first-order valence-corrected chi connectivity index (χ1v) is 7.27. The molecule has 0 aliphatic rings. The number of hydrogen-bond acceptors (Lipinski definition) is 1. The van der Waals surface area contributed by atoms with Gasteiger partial charge in [-0.1, -0.05) is 47.5 Å². The fourth-order valence-electron chi connectivity index (χ4n) is 1.59. The summed E-state index contributed by atoms with van der Waals surface area (Å²) in [5, 5.41) is 10.2. The molecule has 0 fully saturated rings. The van der Waals surface area contributed by atoms with Gasteiger partial charge in [0.25, 0.3) is 0 Å². The highest BCUT2D eigenvalue weighted by atomic mass is 127. The number of nitriles is 1. The van der Waals surface area contributed by atoms with Crippen LogP contribution in [0.15, 0.2) is 42.5 Å². The molecule has 0 atom stereocenters. The normalized spacial score (nSPS) is 11.2. The number of hydrogen-bond donors (Lipinski definition) is 0. The molecule has 0 saturated carbocycles. The Morgan fingerprint density at radius 2 is 1.84 bits per heavy atom. The molecule has 0 aliphatic carbocycles. The van der Waals surface area contributed by atoms with Crippen molar-refractivity contribution in [3.05, 3.63) is 67.2 Å². The average Bonchev–Trinajstić information content (AvgIpc) is 2.41. The second-order valence-electron chi connectivity index (χ2n) is 3.82. The predicted molar refractivity (Wildman–Crippen MR) is 89.1 cm³/mol. The highest BCUT2D eigenvalue weighted by molar-refractivity contribution is 14.1. The maximum atomic E-state index is 9.30. The van der Waals surface area contributed by atoms with Crippen molar-refractivity contribution in [2.24, 2.45) is 0 Å². The molecule has 4 heteroatoms. The Morgan fingerprint density at radius 1 is 1.11 bits per heavy atom. The summed E-state index contributed by atoms with van der Waals surface area (Å²) in [4.78, 5) is 0. The van der Waals surface area contributed by atoms with Crippen LogP contribution in [0, 0.1) is 14.9 Å². The Labute approximate surface area is 135 Å². The van der Waals surface area contributed by atoms with Crippen molar-refractivity contribution in [1.82, 2.24) is 0 Å². The van der Waals surface area contributed by atoms with E-state index in [9.17, 15) is 5.26 Å². The summed E-state index contributed by atoms with van der Waals surface area (Å²) in [5.41, 5.74) is 2.32. The molecule has 0 N–H and O–H groups in total. The maximum absolute atomic E-state index is 9.30. The van der Waals surface area contributed by atoms with Crippen molar-refractivity contribution >= 4 is 57.4 Å². The SMILES string of the molecule is N#C/C(=C/c1ccccc1I)c1ccc(Cl)c(Cl)c1.